The molecule has 0 unspecified atom stereocenters. The van der Waals surface area contributed by atoms with E-state index >= 15 is 0 Å². The normalized spacial score (nSPS) is 17.0. The van der Waals surface area contributed by atoms with Crippen molar-refractivity contribution in [2.24, 2.45) is 0 Å². The summed E-state index contributed by atoms with van der Waals surface area (Å²) in [5.41, 5.74) is 3.39. The standard InChI is InChI=1S/C20H19BrN2O2/c1-24-17-8-6-16(7-9-17)23-12-13-25-20(23)15-10-11-22(14-15)19-5-3-2-4-18(19)21/h2-11,14,20H,12-13H2,1H3/t20-/m0/s1. The topological polar surface area (TPSA) is 26.6 Å². The van der Waals surface area contributed by atoms with Gasteiger partial charge in [0.1, 0.15) is 5.75 Å². The summed E-state index contributed by atoms with van der Waals surface area (Å²) in [5, 5.41) is 0. The maximum Gasteiger partial charge on any atom is 0.158 e. The van der Waals surface area contributed by atoms with Crippen LogP contribution in [0.5, 0.6) is 5.75 Å². The van der Waals surface area contributed by atoms with Crippen molar-refractivity contribution in [2.75, 3.05) is 25.2 Å². The Labute approximate surface area is 155 Å². The highest BCUT2D eigenvalue weighted by atomic mass is 79.9. The summed E-state index contributed by atoms with van der Waals surface area (Å²) in [6.07, 6.45) is 4.13. The van der Waals surface area contributed by atoms with Crippen molar-refractivity contribution in [3.05, 3.63) is 77.0 Å². The summed E-state index contributed by atoms with van der Waals surface area (Å²) in [7, 11) is 1.68. The number of anilines is 1. The monoisotopic (exact) mass is 398 g/mol. The summed E-state index contributed by atoms with van der Waals surface area (Å²) >= 11 is 3.61. The fourth-order valence-electron chi connectivity index (χ4n) is 3.15. The van der Waals surface area contributed by atoms with Crippen molar-refractivity contribution >= 4 is 21.6 Å². The van der Waals surface area contributed by atoms with Gasteiger partial charge in [-0.05, 0) is 58.4 Å². The van der Waals surface area contributed by atoms with E-state index in [1.54, 1.807) is 7.11 Å². The molecule has 2 aromatic carbocycles. The molecule has 1 aliphatic rings. The zero-order valence-corrected chi connectivity index (χ0v) is 15.5. The first-order valence-electron chi connectivity index (χ1n) is 8.21. The van der Waals surface area contributed by atoms with Crippen molar-refractivity contribution in [1.29, 1.82) is 0 Å². The molecule has 4 rings (SSSR count). The molecular formula is C20H19BrN2O2. The molecule has 0 amide bonds. The molecule has 4 nitrogen and oxygen atoms in total. The van der Waals surface area contributed by atoms with Gasteiger partial charge in [-0.1, -0.05) is 12.1 Å². The van der Waals surface area contributed by atoms with Crippen LogP contribution in [0.4, 0.5) is 5.69 Å². The Kier molecular flexibility index (Phi) is 4.51. The Morgan fingerprint density at radius 3 is 2.64 bits per heavy atom. The maximum atomic E-state index is 6.01. The minimum absolute atomic E-state index is 0.0721. The number of ether oxygens (including phenoxy) is 2. The SMILES string of the molecule is COc1ccc(N2CCO[C@H]2c2ccn(-c3ccccc3Br)c2)cc1. The van der Waals surface area contributed by atoms with Crippen molar-refractivity contribution in [2.45, 2.75) is 6.23 Å². The second-order valence-corrected chi connectivity index (χ2v) is 6.77. The molecule has 0 aliphatic carbocycles. The van der Waals surface area contributed by atoms with Crippen LogP contribution in [0, 0.1) is 0 Å². The number of halogens is 1. The molecule has 0 spiro atoms. The molecule has 0 bridgehead atoms. The van der Waals surface area contributed by atoms with Crippen molar-refractivity contribution in [3.8, 4) is 11.4 Å². The molecule has 1 fully saturated rings. The van der Waals surface area contributed by atoms with Crippen LogP contribution in [0.25, 0.3) is 5.69 Å². The van der Waals surface area contributed by atoms with Crippen molar-refractivity contribution < 1.29 is 9.47 Å². The maximum absolute atomic E-state index is 6.01. The van der Waals surface area contributed by atoms with E-state index in [0.717, 1.165) is 40.3 Å². The smallest absolute Gasteiger partial charge is 0.158 e. The van der Waals surface area contributed by atoms with Crippen LogP contribution >= 0.6 is 15.9 Å². The molecule has 128 valence electrons. The lowest BCUT2D eigenvalue weighted by Crippen LogP contribution is -2.22. The number of hydrogen-bond donors (Lipinski definition) is 0. The Hall–Kier alpha value is -2.24. The zero-order valence-electron chi connectivity index (χ0n) is 13.9. The molecule has 25 heavy (non-hydrogen) atoms. The minimum atomic E-state index is -0.0721. The van der Waals surface area contributed by atoms with Crippen molar-refractivity contribution in [3.63, 3.8) is 0 Å². The highest BCUT2D eigenvalue weighted by Crippen LogP contribution is 2.34. The number of hydrogen-bond acceptors (Lipinski definition) is 3. The van der Waals surface area contributed by atoms with Crippen LogP contribution in [-0.2, 0) is 4.74 Å². The van der Waals surface area contributed by atoms with Crippen LogP contribution in [0.15, 0.2) is 71.5 Å². The number of benzene rings is 2. The molecule has 2 heterocycles. The van der Waals surface area contributed by atoms with E-state index in [0.29, 0.717) is 0 Å². The van der Waals surface area contributed by atoms with E-state index in [1.165, 1.54) is 0 Å². The second-order valence-electron chi connectivity index (χ2n) is 5.92. The van der Waals surface area contributed by atoms with Gasteiger partial charge < -0.3 is 18.9 Å². The summed E-state index contributed by atoms with van der Waals surface area (Å²) < 4.78 is 14.4. The van der Waals surface area contributed by atoms with Gasteiger partial charge in [-0.3, -0.25) is 0 Å². The van der Waals surface area contributed by atoms with Crippen LogP contribution in [-0.4, -0.2) is 24.8 Å². The van der Waals surface area contributed by atoms with Gasteiger partial charge in [0.15, 0.2) is 6.23 Å². The first kappa shape index (κ1) is 16.2. The van der Waals surface area contributed by atoms with E-state index in [1.807, 2.05) is 30.3 Å². The molecule has 1 aliphatic heterocycles. The summed E-state index contributed by atoms with van der Waals surface area (Å²) in [4.78, 5) is 2.28. The number of rotatable bonds is 4. The van der Waals surface area contributed by atoms with Gasteiger partial charge in [0.2, 0.25) is 0 Å². The fourth-order valence-corrected chi connectivity index (χ4v) is 3.64. The Balaban J connectivity index is 1.61. The lowest BCUT2D eigenvalue weighted by molar-refractivity contribution is 0.114. The summed E-state index contributed by atoms with van der Waals surface area (Å²) in [5.74, 6) is 0.862. The average molecular weight is 399 g/mol. The summed E-state index contributed by atoms with van der Waals surface area (Å²) in [6.45, 7) is 1.59. The highest BCUT2D eigenvalue weighted by molar-refractivity contribution is 9.10. The number of nitrogens with zero attached hydrogens (tertiary/aromatic N) is 2. The third-order valence-corrected chi connectivity index (χ3v) is 5.10. The van der Waals surface area contributed by atoms with Gasteiger partial charge >= 0.3 is 0 Å². The first-order valence-corrected chi connectivity index (χ1v) is 9.00. The molecule has 3 aromatic rings. The molecule has 1 atom stereocenters. The number of para-hydroxylation sites is 1. The third-order valence-electron chi connectivity index (χ3n) is 4.43. The minimum Gasteiger partial charge on any atom is -0.497 e. The predicted octanol–water partition coefficient (Wildman–Crippen LogP) is 4.78. The molecule has 0 saturated carbocycles. The summed E-state index contributed by atoms with van der Waals surface area (Å²) in [6, 6.07) is 18.4. The molecule has 0 N–H and O–H groups in total. The molecule has 5 heteroatoms. The zero-order chi connectivity index (χ0) is 17.2. The van der Waals surface area contributed by atoms with Gasteiger partial charge in [0.05, 0.1) is 19.4 Å². The quantitative estimate of drug-likeness (QED) is 0.632. The van der Waals surface area contributed by atoms with E-state index in [-0.39, 0.29) is 6.23 Å². The van der Waals surface area contributed by atoms with Gasteiger partial charge in [0, 0.05) is 34.7 Å². The largest absolute Gasteiger partial charge is 0.497 e. The van der Waals surface area contributed by atoms with E-state index < -0.39 is 0 Å². The van der Waals surface area contributed by atoms with Crippen LogP contribution in [0.3, 0.4) is 0 Å². The van der Waals surface area contributed by atoms with E-state index in [2.05, 4.69) is 62.1 Å². The average Bonchev–Trinajstić information content (AvgIpc) is 3.31. The van der Waals surface area contributed by atoms with Crippen molar-refractivity contribution in [1.82, 2.24) is 4.57 Å². The Morgan fingerprint density at radius 2 is 1.88 bits per heavy atom. The second kappa shape index (κ2) is 6.94. The lowest BCUT2D eigenvalue weighted by Gasteiger charge is -2.24. The van der Waals surface area contributed by atoms with Crippen LogP contribution in [0.2, 0.25) is 0 Å². The van der Waals surface area contributed by atoms with E-state index in [4.69, 9.17) is 9.47 Å². The number of aromatic nitrogens is 1. The first-order chi connectivity index (χ1) is 12.3. The molecule has 1 aromatic heterocycles. The van der Waals surface area contributed by atoms with Gasteiger partial charge in [0.25, 0.3) is 0 Å². The molecule has 1 saturated heterocycles. The third kappa shape index (κ3) is 3.17. The predicted molar refractivity (Wildman–Crippen MR) is 103 cm³/mol. The fraction of sp³-hybridized carbons (Fsp3) is 0.200. The van der Waals surface area contributed by atoms with Gasteiger partial charge in [-0.15, -0.1) is 0 Å². The number of methoxy groups -OCH3 is 1. The molecule has 0 radical (unpaired) electrons. The molecular weight excluding hydrogens is 380 g/mol. The van der Waals surface area contributed by atoms with Gasteiger partial charge in [-0.25, -0.2) is 0 Å². The Morgan fingerprint density at radius 1 is 1.08 bits per heavy atom. The van der Waals surface area contributed by atoms with Gasteiger partial charge in [-0.2, -0.15) is 0 Å². The highest BCUT2D eigenvalue weighted by Gasteiger charge is 2.28. The van der Waals surface area contributed by atoms with Crippen LogP contribution < -0.4 is 9.64 Å². The van der Waals surface area contributed by atoms with E-state index in [9.17, 15) is 0 Å². The lowest BCUT2D eigenvalue weighted by atomic mass is 10.2. The Bertz CT molecular complexity index is 860. The van der Waals surface area contributed by atoms with Crippen LogP contribution in [0.1, 0.15) is 11.8 Å².